The van der Waals surface area contributed by atoms with Crippen molar-refractivity contribution in [3.8, 4) is 0 Å². The Kier molecular flexibility index (Phi) is 3.85. The third-order valence-electron chi connectivity index (χ3n) is 1.90. The molecule has 1 rings (SSSR count). The average Bonchev–Trinajstić information content (AvgIpc) is 2.18. The molecule has 0 unspecified atom stereocenters. The zero-order valence-electron chi connectivity index (χ0n) is 8.86. The molecule has 0 amide bonds. The number of esters is 1. The van der Waals surface area contributed by atoms with Gasteiger partial charge in [-0.3, -0.25) is 4.98 Å². The van der Waals surface area contributed by atoms with Gasteiger partial charge in [0.15, 0.2) is 0 Å². The van der Waals surface area contributed by atoms with Crippen LogP contribution in [0.25, 0.3) is 5.57 Å². The summed E-state index contributed by atoms with van der Waals surface area (Å²) in [5, 5.41) is 0. The molecule has 4 nitrogen and oxygen atoms in total. The number of aromatic nitrogens is 1. The van der Waals surface area contributed by atoms with Crippen LogP contribution in [0.2, 0.25) is 0 Å². The third kappa shape index (κ3) is 3.09. The van der Waals surface area contributed by atoms with E-state index in [1.807, 2.05) is 6.92 Å². The first kappa shape index (κ1) is 11.2. The second-order valence-corrected chi connectivity index (χ2v) is 3.04. The second-order valence-electron chi connectivity index (χ2n) is 3.04. The van der Waals surface area contributed by atoms with Crippen LogP contribution in [0.5, 0.6) is 0 Å². The van der Waals surface area contributed by atoms with Gasteiger partial charge in [0.2, 0.25) is 0 Å². The highest BCUT2D eigenvalue weighted by molar-refractivity contribution is 5.92. The van der Waals surface area contributed by atoms with Crippen LogP contribution < -0.4 is 5.73 Å². The van der Waals surface area contributed by atoms with Crippen molar-refractivity contribution in [2.75, 3.05) is 12.3 Å². The third-order valence-corrected chi connectivity index (χ3v) is 1.90. The van der Waals surface area contributed by atoms with Gasteiger partial charge in [-0.05, 0) is 25.5 Å². The first-order chi connectivity index (χ1) is 7.15. The largest absolute Gasteiger partial charge is 0.463 e. The number of pyridine rings is 1. The van der Waals surface area contributed by atoms with E-state index in [1.165, 1.54) is 6.08 Å². The fraction of sp³-hybridized carbons (Fsp3) is 0.273. The molecule has 1 heterocycles. The van der Waals surface area contributed by atoms with E-state index >= 15 is 0 Å². The predicted octanol–water partition coefficient (Wildman–Crippen LogP) is 1.63. The van der Waals surface area contributed by atoms with E-state index in [0.717, 1.165) is 11.1 Å². The highest BCUT2D eigenvalue weighted by Gasteiger charge is 2.03. The van der Waals surface area contributed by atoms with Gasteiger partial charge in [-0.25, -0.2) is 4.79 Å². The number of carbonyl (C=O) groups excluding carboxylic acids is 1. The number of ether oxygens (including phenoxy) is 1. The van der Waals surface area contributed by atoms with E-state index in [-0.39, 0.29) is 5.97 Å². The number of hydrogen-bond donors (Lipinski definition) is 1. The van der Waals surface area contributed by atoms with Gasteiger partial charge in [0.05, 0.1) is 18.5 Å². The molecule has 1 aromatic rings. The molecule has 0 fully saturated rings. The summed E-state index contributed by atoms with van der Waals surface area (Å²) in [4.78, 5) is 15.1. The number of anilines is 1. The van der Waals surface area contributed by atoms with Crippen molar-refractivity contribution < 1.29 is 9.53 Å². The van der Waals surface area contributed by atoms with E-state index in [2.05, 4.69) is 4.98 Å². The van der Waals surface area contributed by atoms with Crippen LogP contribution in [-0.2, 0) is 9.53 Å². The number of hydrogen-bond acceptors (Lipinski definition) is 4. The maximum atomic E-state index is 11.2. The van der Waals surface area contributed by atoms with Crippen molar-refractivity contribution in [3.63, 3.8) is 0 Å². The van der Waals surface area contributed by atoms with Gasteiger partial charge in [0.1, 0.15) is 0 Å². The molecule has 0 aliphatic rings. The molecular formula is C11H14N2O2. The molecule has 0 saturated heterocycles. The number of nitrogens with two attached hydrogens (primary N) is 1. The van der Waals surface area contributed by atoms with E-state index in [9.17, 15) is 4.79 Å². The molecule has 2 N–H and O–H groups in total. The summed E-state index contributed by atoms with van der Waals surface area (Å²) in [6.07, 6.45) is 4.61. The topological polar surface area (TPSA) is 65.2 Å². The summed E-state index contributed by atoms with van der Waals surface area (Å²) in [5.74, 6) is -0.355. The number of nitrogens with zero attached hydrogens (tertiary/aromatic N) is 1. The van der Waals surface area contributed by atoms with Crippen molar-refractivity contribution in [1.29, 1.82) is 0 Å². The van der Waals surface area contributed by atoms with Gasteiger partial charge in [-0.2, -0.15) is 0 Å². The number of carbonyl (C=O) groups is 1. The first-order valence-electron chi connectivity index (χ1n) is 4.70. The Bertz CT molecular complexity index is 386. The highest BCUT2D eigenvalue weighted by Crippen LogP contribution is 2.19. The van der Waals surface area contributed by atoms with E-state index in [1.54, 1.807) is 25.4 Å². The molecule has 0 aromatic carbocycles. The van der Waals surface area contributed by atoms with E-state index in [4.69, 9.17) is 10.5 Å². The summed E-state index contributed by atoms with van der Waals surface area (Å²) in [5.41, 5.74) is 7.84. The molecule has 4 heteroatoms. The van der Waals surface area contributed by atoms with E-state index in [0.29, 0.717) is 12.3 Å². The normalized spacial score (nSPS) is 11.2. The van der Waals surface area contributed by atoms with Gasteiger partial charge < -0.3 is 10.5 Å². The summed E-state index contributed by atoms with van der Waals surface area (Å²) in [7, 11) is 0. The summed E-state index contributed by atoms with van der Waals surface area (Å²) < 4.78 is 4.80. The maximum absolute atomic E-state index is 11.2. The van der Waals surface area contributed by atoms with Crippen LogP contribution in [0, 0.1) is 0 Å². The lowest BCUT2D eigenvalue weighted by Gasteiger charge is -2.04. The van der Waals surface area contributed by atoms with Gasteiger partial charge in [0, 0.05) is 17.8 Å². The molecule has 0 aliphatic heterocycles. The Morgan fingerprint density at radius 2 is 2.40 bits per heavy atom. The Morgan fingerprint density at radius 1 is 1.67 bits per heavy atom. The van der Waals surface area contributed by atoms with Crippen molar-refractivity contribution >= 4 is 17.2 Å². The zero-order valence-corrected chi connectivity index (χ0v) is 8.86. The van der Waals surface area contributed by atoms with Crippen LogP contribution in [0.3, 0.4) is 0 Å². The minimum Gasteiger partial charge on any atom is -0.463 e. The molecule has 1 aromatic heterocycles. The van der Waals surface area contributed by atoms with Crippen LogP contribution in [0.4, 0.5) is 5.69 Å². The summed E-state index contributed by atoms with van der Waals surface area (Å²) >= 11 is 0. The SMILES string of the molecule is CCOC(=O)/C=C(\C)c1ccncc1N. The lowest BCUT2D eigenvalue weighted by Crippen LogP contribution is -2.01. The molecule has 0 saturated carbocycles. The molecule has 0 atom stereocenters. The molecule has 15 heavy (non-hydrogen) atoms. The van der Waals surface area contributed by atoms with Crippen LogP contribution in [0.1, 0.15) is 19.4 Å². The Morgan fingerprint density at radius 3 is 3.00 bits per heavy atom. The standard InChI is InChI=1S/C11H14N2O2/c1-3-15-11(14)6-8(2)9-4-5-13-7-10(9)12/h4-7H,3,12H2,1-2H3/b8-6+. The van der Waals surface area contributed by atoms with Gasteiger partial charge in [0.25, 0.3) is 0 Å². The minimum absolute atomic E-state index is 0.355. The fourth-order valence-electron chi connectivity index (χ4n) is 1.20. The van der Waals surface area contributed by atoms with Crippen molar-refractivity contribution in [2.45, 2.75) is 13.8 Å². The van der Waals surface area contributed by atoms with Crippen molar-refractivity contribution in [2.24, 2.45) is 0 Å². The fourth-order valence-corrected chi connectivity index (χ4v) is 1.20. The lowest BCUT2D eigenvalue weighted by atomic mass is 10.1. The molecule has 0 radical (unpaired) electrons. The monoisotopic (exact) mass is 206 g/mol. The summed E-state index contributed by atoms with van der Waals surface area (Å²) in [6.45, 7) is 3.94. The number of rotatable bonds is 3. The van der Waals surface area contributed by atoms with Crippen LogP contribution in [0.15, 0.2) is 24.5 Å². The van der Waals surface area contributed by atoms with E-state index < -0.39 is 0 Å². The van der Waals surface area contributed by atoms with Crippen LogP contribution in [-0.4, -0.2) is 17.6 Å². The molecule has 0 spiro atoms. The highest BCUT2D eigenvalue weighted by atomic mass is 16.5. The average molecular weight is 206 g/mol. The first-order valence-corrected chi connectivity index (χ1v) is 4.70. The predicted molar refractivity (Wildman–Crippen MR) is 58.9 cm³/mol. The van der Waals surface area contributed by atoms with Crippen molar-refractivity contribution in [3.05, 3.63) is 30.1 Å². The van der Waals surface area contributed by atoms with Gasteiger partial charge >= 0.3 is 5.97 Å². The molecule has 80 valence electrons. The molecule has 0 bridgehead atoms. The Hall–Kier alpha value is -1.84. The van der Waals surface area contributed by atoms with Crippen LogP contribution >= 0.6 is 0 Å². The Balaban J connectivity index is 2.89. The molecule has 0 aliphatic carbocycles. The summed E-state index contributed by atoms with van der Waals surface area (Å²) in [6, 6.07) is 1.76. The quantitative estimate of drug-likeness (QED) is 0.603. The number of allylic oxidation sites excluding steroid dienone is 1. The minimum atomic E-state index is -0.355. The van der Waals surface area contributed by atoms with Gasteiger partial charge in [-0.1, -0.05) is 0 Å². The lowest BCUT2D eigenvalue weighted by molar-refractivity contribution is -0.137. The maximum Gasteiger partial charge on any atom is 0.331 e. The van der Waals surface area contributed by atoms with Crippen molar-refractivity contribution in [1.82, 2.24) is 4.98 Å². The molecular weight excluding hydrogens is 192 g/mol. The van der Waals surface area contributed by atoms with Gasteiger partial charge in [-0.15, -0.1) is 0 Å². The Labute approximate surface area is 88.8 Å². The number of nitrogen functional groups attached to an aromatic ring is 1. The second kappa shape index (κ2) is 5.14. The zero-order chi connectivity index (χ0) is 11.3. The smallest absolute Gasteiger partial charge is 0.331 e.